The zero-order valence-electron chi connectivity index (χ0n) is 10.2. The molecule has 0 radical (unpaired) electrons. The monoisotopic (exact) mass is 288 g/mol. The van der Waals surface area contributed by atoms with Crippen molar-refractivity contribution >= 4 is 29.6 Å². The van der Waals surface area contributed by atoms with Crippen molar-refractivity contribution in [3.63, 3.8) is 0 Å². The minimum absolute atomic E-state index is 0.173. The van der Waals surface area contributed by atoms with Gasteiger partial charge in [0.05, 0.1) is 17.8 Å². The number of nitrogens with two attached hydrogens (primary N) is 1. The molecule has 1 saturated heterocycles. The number of hydrogen-bond donors (Lipinski definition) is 3. The third kappa shape index (κ3) is 3.01. The highest BCUT2D eigenvalue weighted by atomic mass is 32.2. The Labute approximate surface area is 114 Å². The molecule has 0 aromatic rings. The smallest absolute Gasteiger partial charge is 0.327 e. The van der Waals surface area contributed by atoms with Crippen LogP contribution in [0.3, 0.4) is 0 Å². The van der Waals surface area contributed by atoms with Crippen molar-refractivity contribution in [2.75, 3.05) is 5.75 Å². The third-order valence-corrected chi connectivity index (χ3v) is 4.77. The summed E-state index contributed by atoms with van der Waals surface area (Å²) in [5, 5.41) is 17.6. The van der Waals surface area contributed by atoms with E-state index in [9.17, 15) is 14.4 Å². The van der Waals surface area contributed by atoms with E-state index in [0.717, 1.165) is 12.8 Å². The van der Waals surface area contributed by atoms with E-state index in [2.05, 4.69) is 0 Å². The van der Waals surface area contributed by atoms with Crippen LogP contribution in [-0.4, -0.2) is 56.2 Å². The van der Waals surface area contributed by atoms with Crippen molar-refractivity contribution in [1.82, 2.24) is 4.90 Å². The Bertz CT molecular complexity index is 412. The summed E-state index contributed by atoms with van der Waals surface area (Å²) in [4.78, 5) is 35.3. The van der Waals surface area contributed by atoms with Gasteiger partial charge in [0.2, 0.25) is 5.91 Å². The highest BCUT2D eigenvalue weighted by Gasteiger charge is 2.48. The van der Waals surface area contributed by atoms with Crippen LogP contribution in [0.5, 0.6) is 0 Å². The maximum atomic E-state index is 12.2. The minimum Gasteiger partial charge on any atom is -0.481 e. The van der Waals surface area contributed by atoms with Gasteiger partial charge in [-0.25, -0.2) is 4.79 Å². The molecule has 0 aromatic carbocycles. The van der Waals surface area contributed by atoms with Crippen LogP contribution in [-0.2, 0) is 14.4 Å². The molecule has 0 aromatic heterocycles. The summed E-state index contributed by atoms with van der Waals surface area (Å²) in [5.41, 5.74) is 5.57. The maximum Gasteiger partial charge on any atom is 0.327 e. The molecule has 2 aliphatic rings. The van der Waals surface area contributed by atoms with Gasteiger partial charge in [0.1, 0.15) is 6.04 Å². The molecule has 1 heterocycles. The highest BCUT2D eigenvalue weighted by Crippen LogP contribution is 2.45. The SMILES string of the molecule is NC(CC(=O)O)C(=O)N1C(C(=O)O)CSC1C1CC1. The lowest BCUT2D eigenvalue weighted by atomic mass is 10.1. The van der Waals surface area contributed by atoms with E-state index in [1.54, 1.807) is 0 Å². The molecule has 19 heavy (non-hydrogen) atoms. The zero-order chi connectivity index (χ0) is 14.2. The normalized spacial score (nSPS) is 28.2. The molecule has 106 valence electrons. The topological polar surface area (TPSA) is 121 Å². The second-order valence-electron chi connectivity index (χ2n) is 4.87. The van der Waals surface area contributed by atoms with Gasteiger partial charge in [-0.2, -0.15) is 0 Å². The molecule has 8 heteroatoms. The molecule has 1 aliphatic carbocycles. The molecule has 3 unspecified atom stereocenters. The van der Waals surface area contributed by atoms with Crippen LogP contribution in [0.4, 0.5) is 0 Å². The van der Waals surface area contributed by atoms with Crippen molar-refractivity contribution in [1.29, 1.82) is 0 Å². The van der Waals surface area contributed by atoms with E-state index in [-0.39, 0.29) is 5.37 Å². The quantitative estimate of drug-likeness (QED) is 0.626. The molecule has 3 atom stereocenters. The Morgan fingerprint density at radius 2 is 1.95 bits per heavy atom. The van der Waals surface area contributed by atoms with Gasteiger partial charge in [0.15, 0.2) is 0 Å². The van der Waals surface area contributed by atoms with Crippen LogP contribution in [0.2, 0.25) is 0 Å². The Morgan fingerprint density at radius 1 is 1.32 bits per heavy atom. The maximum absolute atomic E-state index is 12.2. The largest absolute Gasteiger partial charge is 0.481 e. The van der Waals surface area contributed by atoms with Crippen molar-refractivity contribution in [2.24, 2.45) is 11.7 Å². The average Bonchev–Trinajstić information content (AvgIpc) is 3.05. The van der Waals surface area contributed by atoms with Gasteiger partial charge in [0, 0.05) is 5.75 Å². The van der Waals surface area contributed by atoms with Gasteiger partial charge < -0.3 is 20.8 Å². The van der Waals surface area contributed by atoms with Gasteiger partial charge in [-0.3, -0.25) is 9.59 Å². The lowest BCUT2D eigenvalue weighted by Crippen LogP contribution is -2.53. The van der Waals surface area contributed by atoms with Crippen LogP contribution < -0.4 is 5.73 Å². The minimum atomic E-state index is -1.18. The first kappa shape index (κ1) is 14.1. The summed E-state index contributed by atoms with van der Waals surface area (Å²) in [6.45, 7) is 0. The Morgan fingerprint density at radius 3 is 2.42 bits per heavy atom. The number of thioether (sulfide) groups is 1. The molecule has 2 fully saturated rings. The summed E-state index contributed by atoms with van der Waals surface area (Å²) < 4.78 is 0. The van der Waals surface area contributed by atoms with E-state index >= 15 is 0 Å². The number of carbonyl (C=O) groups excluding carboxylic acids is 1. The fraction of sp³-hybridized carbons (Fsp3) is 0.727. The number of amides is 1. The van der Waals surface area contributed by atoms with Crippen molar-refractivity contribution in [2.45, 2.75) is 36.7 Å². The van der Waals surface area contributed by atoms with Gasteiger partial charge in [-0.1, -0.05) is 0 Å². The lowest BCUT2D eigenvalue weighted by molar-refractivity contribution is -0.150. The molecule has 0 spiro atoms. The number of carboxylic acids is 2. The van der Waals surface area contributed by atoms with Crippen molar-refractivity contribution < 1.29 is 24.6 Å². The number of aliphatic carboxylic acids is 2. The van der Waals surface area contributed by atoms with Crippen LogP contribution >= 0.6 is 11.8 Å². The molecule has 0 bridgehead atoms. The van der Waals surface area contributed by atoms with Gasteiger partial charge in [-0.15, -0.1) is 11.8 Å². The molecule has 7 nitrogen and oxygen atoms in total. The lowest BCUT2D eigenvalue weighted by Gasteiger charge is -2.29. The van der Waals surface area contributed by atoms with E-state index < -0.39 is 36.4 Å². The Hall–Kier alpha value is -1.28. The number of hydrogen-bond acceptors (Lipinski definition) is 5. The van der Waals surface area contributed by atoms with Crippen molar-refractivity contribution in [3.8, 4) is 0 Å². The van der Waals surface area contributed by atoms with Gasteiger partial charge in [-0.05, 0) is 18.8 Å². The molecular formula is C11H16N2O5S. The first-order valence-corrected chi connectivity index (χ1v) is 7.10. The first-order chi connectivity index (χ1) is 8.91. The van der Waals surface area contributed by atoms with Gasteiger partial charge >= 0.3 is 11.9 Å². The molecular weight excluding hydrogens is 272 g/mol. The predicted molar refractivity (Wildman–Crippen MR) is 67.5 cm³/mol. The van der Waals surface area contributed by atoms with E-state index in [0.29, 0.717) is 11.7 Å². The number of carboxylic acid groups (broad SMARTS) is 2. The average molecular weight is 288 g/mol. The van der Waals surface area contributed by atoms with Crippen LogP contribution in [0.25, 0.3) is 0 Å². The van der Waals surface area contributed by atoms with Crippen molar-refractivity contribution in [3.05, 3.63) is 0 Å². The number of rotatable bonds is 5. The fourth-order valence-corrected chi connectivity index (χ4v) is 3.85. The van der Waals surface area contributed by atoms with Crippen LogP contribution in [0.15, 0.2) is 0 Å². The summed E-state index contributed by atoms with van der Waals surface area (Å²) in [5.74, 6) is -2.15. The first-order valence-electron chi connectivity index (χ1n) is 6.05. The highest BCUT2D eigenvalue weighted by molar-refractivity contribution is 8.00. The summed E-state index contributed by atoms with van der Waals surface area (Å²) in [6.07, 6.45) is 1.47. The van der Waals surface area contributed by atoms with E-state index in [4.69, 9.17) is 15.9 Å². The van der Waals surface area contributed by atoms with E-state index in [1.165, 1.54) is 16.7 Å². The van der Waals surface area contributed by atoms with Crippen LogP contribution in [0, 0.1) is 5.92 Å². The summed E-state index contributed by atoms with van der Waals surface area (Å²) in [6, 6.07) is -2.08. The molecule has 4 N–H and O–H groups in total. The Kier molecular flexibility index (Phi) is 4.00. The zero-order valence-corrected chi connectivity index (χ0v) is 11.0. The van der Waals surface area contributed by atoms with E-state index in [1.807, 2.05) is 0 Å². The summed E-state index contributed by atoms with van der Waals surface area (Å²) in [7, 11) is 0. The second kappa shape index (κ2) is 5.38. The predicted octanol–water partition coefficient (Wildman–Crippen LogP) is -0.447. The molecule has 1 aliphatic heterocycles. The molecule has 2 rings (SSSR count). The van der Waals surface area contributed by atoms with Crippen LogP contribution in [0.1, 0.15) is 19.3 Å². The molecule has 1 amide bonds. The summed E-state index contributed by atoms with van der Waals surface area (Å²) >= 11 is 1.44. The number of nitrogens with zero attached hydrogens (tertiary/aromatic N) is 1. The second-order valence-corrected chi connectivity index (χ2v) is 6.01. The van der Waals surface area contributed by atoms with Gasteiger partial charge in [0.25, 0.3) is 0 Å². The standard InChI is InChI=1S/C11H16N2O5S/c12-6(3-8(14)15)9(16)13-7(11(17)18)4-19-10(13)5-1-2-5/h5-7,10H,1-4,12H2,(H,14,15)(H,17,18). The fourth-order valence-electron chi connectivity index (χ4n) is 2.21. The third-order valence-electron chi connectivity index (χ3n) is 3.31. The molecule has 1 saturated carbocycles. The number of carbonyl (C=O) groups is 3. The Balaban J connectivity index is 2.13.